The monoisotopic (exact) mass is 447 g/mol. The number of anilines is 1. The Morgan fingerprint density at radius 3 is 2.81 bits per heavy atom. The topological polar surface area (TPSA) is 47.6 Å². The van der Waals surface area contributed by atoms with Crippen molar-refractivity contribution in [3.05, 3.63) is 68.7 Å². The van der Waals surface area contributed by atoms with Crippen LogP contribution in [0.4, 0.5) is 5.69 Å². The van der Waals surface area contributed by atoms with Gasteiger partial charge in [-0.05, 0) is 48.2 Å². The van der Waals surface area contributed by atoms with Crippen LogP contribution in [0, 0.1) is 5.92 Å². The number of allylic oxidation sites excluding steroid dienone is 2. The summed E-state index contributed by atoms with van der Waals surface area (Å²) in [5, 5.41) is 4.19. The summed E-state index contributed by atoms with van der Waals surface area (Å²) >= 11 is 10.1. The Kier molecular flexibility index (Phi) is 4.91. The number of benzene rings is 2. The SMILES string of the molecule is COC(=O)c1ccc(Cl)c2c1[C@@H]1C=CC[C@H]1[C@@H](c1cc(Br)ccc1OC)N2. The number of nitrogens with one attached hydrogen (secondary N) is 1. The fourth-order valence-electron chi connectivity index (χ4n) is 4.22. The molecule has 6 heteroatoms. The Morgan fingerprint density at radius 1 is 1.26 bits per heavy atom. The zero-order valence-corrected chi connectivity index (χ0v) is 17.3. The van der Waals surface area contributed by atoms with E-state index >= 15 is 0 Å². The molecular formula is C21H19BrClNO3. The van der Waals surface area contributed by atoms with Crippen LogP contribution in [0.25, 0.3) is 0 Å². The van der Waals surface area contributed by atoms with E-state index in [9.17, 15) is 4.79 Å². The highest BCUT2D eigenvalue weighted by molar-refractivity contribution is 9.10. The second kappa shape index (κ2) is 7.21. The van der Waals surface area contributed by atoms with E-state index in [2.05, 4.69) is 39.5 Å². The molecule has 1 aliphatic heterocycles. The van der Waals surface area contributed by atoms with Crippen molar-refractivity contribution in [1.29, 1.82) is 0 Å². The summed E-state index contributed by atoms with van der Waals surface area (Å²) in [7, 11) is 3.08. The molecule has 0 amide bonds. The van der Waals surface area contributed by atoms with Gasteiger partial charge >= 0.3 is 5.97 Å². The van der Waals surface area contributed by atoms with Crippen molar-refractivity contribution in [2.45, 2.75) is 18.4 Å². The lowest BCUT2D eigenvalue weighted by Crippen LogP contribution is -2.31. The molecular weight excluding hydrogens is 430 g/mol. The van der Waals surface area contributed by atoms with Crippen LogP contribution in [0.1, 0.15) is 39.9 Å². The molecule has 0 spiro atoms. The second-order valence-electron chi connectivity index (χ2n) is 6.74. The number of carbonyl (C=O) groups excluding carboxylic acids is 1. The average Bonchev–Trinajstić information content (AvgIpc) is 3.17. The highest BCUT2D eigenvalue weighted by atomic mass is 79.9. The number of hydrogen-bond donors (Lipinski definition) is 1. The van der Waals surface area contributed by atoms with E-state index in [1.807, 2.05) is 12.1 Å². The van der Waals surface area contributed by atoms with Crippen molar-refractivity contribution in [3.63, 3.8) is 0 Å². The predicted octanol–water partition coefficient (Wildman–Crippen LogP) is 5.72. The molecule has 2 aromatic rings. The molecule has 0 fully saturated rings. The van der Waals surface area contributed by atoms with Crippen LogP contribution in [-0.4, -0.2) is 20.2 Å². The summed E-state index contributed by atoms with van der Waals surface area (Å²) < 4.78 is 11.6. The number of rotatable bonds is 3. The molecule has 2 aromatic carbocycles. The number of halogens is 2. The molecule has 0 aromatic heterocycles. The van der Waals surface area contributed by atoms with Crippen molar-refractivity contribution < 1.29 is 14.3 Å². The molecule has 0 unspecified atom stereocenters. The standard InChI is InChI=1S/C21H19BrClNO3/c1-26-17-9-6-11(22)10-15(17)19-13-5-3-4-12(13)18-14(21(25)27-2)7-8-16(23)20(18)24-19/h3-4,6-10,12-13,19,24H,5H2,1-2H3/t12-,13-,19+/m1/s1. The zero-order chi connectivity index (χ0) is 19.1. The van der Waals surface area contributed by atoms with Gasteiger partial charge in [0.15, 0.2) is 0 Å². The van der Waals surface area contributed by atoms with Gasteiger partial charge in [0.25, 0.3) is 0 Å². The van der Waals surface area contributed by atoms with Gasteiger partial charge in [-0.15, -0.1) is 0 Å². The van der Waals surface area contributed by atoms with E-state index in [-0.39, 0.29) is 23.8 Å². The summed E-state index contributed by atoms with van der Waals surface area (Å²) in [6.07, 6.45) is 5.25. The first-order chi connectivity index (χ1) is 13.0. The average molecular weight is 449 g/mol. The summed E-state index contributed by atoms with van der Waals surface area (Å²) in [5.74, 6) is 0.817. The minimum atomic E-state index is -0.345. The van der Waals surface area contributed by atoms with Gasteiger partial charge in [0, 0.05) is 16.0 Å². The van der Waals surface area contributed by atoms with Crippen LogP contribution >= 0.6 is 27.5 Å². The van der Waals surface area contributed by atoms with Crippen LogP contribution in [0.15, 0.2) is 47.0 Å². The van der Waals surface area contributed by atoms with Crippen molar-refractivity contribution >= 4 is 39.2 Å². The minimum Gasteiger partial charge on any atom is -0.496 e. The fourth-order valence-corrected chi connectivity index (χ4v) is 4.82. The molecule has 27 heavy (non-hydrogen) atoms. The third kappa shape index (κ3) is 3.03. The van der Waals surface area contributed by atoms with Gasteiger partial charge in [-0.25, -0.2) is 4.79 Å². The van der Waals surface area contributed by atoms with Gasteiger partial charge in [0.1, 0.15) is 5.75 Å². The molecule has 0 bridgehead atoms. The molecule has 0 radical (unpaired) electrons. The number of fused-ring (bicyclic) bond motifs is 3. The number of carbonyl (C=O) groups is 1. The Labute approximate surface area is 171 Å². The first-order valence-electron chi connectivity index (χ1n) is 8.72. The van der Waals surface area contributed by atoms with Crippen LogP contribution in [0.2, 0.25) is 5.02 Å². The fraction of sp³-hybridized carbons (Fsp3) is 0.286. The van der Waals surface area contributed by atoms with E-state index in [1.165, 1.54) is 7.11 Å². The van der Waals surface area contributed by atoms with E-state index < -0.39 is 0 Å². The maximum absolute atomic E-state index is 12.3. The third-order valence-electron chi connectivity index (χ3n) is 5.40. The number of ether oxygens (including phenoxy) is 2. The highest BCUT2D eigenvalue weighted by Crippen LogP contribution is 2.54. The quantitative estimate of drug-likeness (QED) is 0.481. The Hall–Kier alpha value is -1.98. The van der Waals surface area contributed by atoms with Crippen molar-refractivity contribution in [3.8, 4) is 5.75 Å². The lowest BCUT2D eigenvalue weighted by molar-refractivity contribution is 0.0598. The van der Waals surface area contributed by atoms with Crippen molar-refractivity contribution in [2.75, 3.05) is 19.5 Å². The Bertz CT molecular complexity index is 943. The Balaban J connectivity index is 1.89. The van der Waals surface area contributed by atoms with E-state index in [1.54, 1.807) is 19.2 Å². The lowest BCUT2D eigenvalue weighted by atomic mass is 9.75. The summed E-state index contributed by atoms with van der Waals surface area (Å²) in [5.41, 5.74) is 3.33. The smallest absolute Gasteiger partial charge is 0.338 e. The highest BCUT2D eigenvalue weighted by Gasteiger charge is 2.41. The van der Waals surface area contributed by atoms with E-state index in [0.717, 1.165) is 33.5 Å². The molecule has 2 aliphatic rings. The van der Waals surface area contributed by atoms with E-state index in [0.29, 0.717) is 10.6 Å². The molecule has 4 nitrogen and oxygen atoms in total. The number of hydrogen-bond acceptors (Lipinski definition) is 4. The molecule has 140 valence electrons. The van der Waals surface area contributed by atoms with Crippen LogP contribution < -0.4 is 10.1 Å². The molecule has 1 aliphatic carbocycles. The first-order valence-corrected chi connectivity index (χ1v) is 9.89. The van der Waals surface area contributed by atoms with Gasteiger partial charge in [-0.3, -0.25) is 0 Å². The molecule has 3 atom stereocenters. The second-order valence-corrected chi connectivity index (χ2v) is 8.06. The van der Waals surface area contributed by atoms with E-state index in [4.69, 9.17) is 21.1 Å². The molecule has 1 N–H and O–H groups in total. The minimum absolute atomic E-state index is 0.00958. The third-order valence-corrected chi connectivity index (χ3v) is 6.21. The van der Waals surface area contributed by atoms with Crippen molar-refractivity contribution in [2.24, 2.45) is 5.92 Å². The van der Waals surface area contributed by atoms with Gasteiger partial charge < -0.3 is 14.8 Å². The summed E-state index contributed by atoms with van der Waals surface area (Å²) in [6.45, 7) is 0. The van der Waals surface area contributed by atoms with Crippen LogP contribution in [0.3, 0.4) is 0 Å². The van der Waals surface area contributed by atoms with Crippen LogP contribution in [-0.2, 0) is 4.74 Å². The van der Waals surface area contributed by atoms with Gasteiger partial charge in [0.2, 0.25) is 0 Å². The lowest BCUT2D eigenvalue weighted by Gasteiger charge is -2.39. The zero-order valence-electron chi connectivity index (χ0n) is 15.0. The summed E-state index contributed by atoms with van der Waals surface area (Å²) in [6, 6.07) is 9.50. The Morgan fingerprint density at radius 2 is 2.07 bits per heavy atom. The maximum Gasteiger partial charge on any atom is 0.338 e. The predicted molar refractivity (Wildman–Crippen MR) is 110 cm³/mol. The molecule has 0 saturated heterocycles. The molecule has 4 rings (SSSR count). The first kappa shape index (κ1) is 18.4. The van der Waals surface area contributed by atoms with Crippen molar-refractivity contribution in [1.82, 2.24) is 0 Å². The number of esters is 1. The molecule has 0 saturated carbocycles. The van der Waals surface area contributed by atoms with Gasteiger partial charge in [-0.2, -0.15) is 0 Å². The largest absolute Gasteiger partial charge is 0.496 e. The number of methoxy groups -OCH3 is 2. The van der Waals surface area contributed by atoms with Crippen LogP contribution in [0.5, 0.6) is 5.75 Å². The maximum atomic E-state index is 12.3. The van der Waals surface area contributed by atoms with Gasteiger partial charge in [-0.1, -0.05) is 39.7 Å². The summed E-state index contributed by atoms with van der Waals surface area (Å²) in [4.78, 5) is 12.3. The normalized spacial score (nSPS) is 22.6. The molecule has 1 heterocycles. The van der Waals surface area contributed by atoms with Gasteiger partial charge in [0.05, 0.1) is 36.5 Å².